The topological polar surface area (TPSA) is 72.4 Å². The standard InChI is InChI=1S/C26H22N4O2S/c1-16-13-18(24(31)20(14-16)25-28-21-11-7-8-12-22(21)33-25)15-27-23-17(2)29(3)30(26(23)32)19-9-5-4-6-10-19/h4-15,31H,1-3H3. The number of rotatable bonds is 4. The second-order valence-corrected chi connectivity index (χ2v) is 8.94. The van der Waals surface area contributed by atoms with E-state index in [9.17, 15) is 9.90 Å². The number of benzene rings is 3. The molecule has 0 aliphatic carbocycles. The van der Waals surface area contributed by atoms with E-state index in [-0.39, 0.29) is 11.3 Å². The van der Waals surface area contributed by atoms with Crippen LogP contribution in [0.2, 0.25) is 0 Å². The molecule has 2 aromatic heterocycles. The van der Waals surface area contributed by atoms with E-state index in [1.54, 1.807) is 15.6 Å². The van der Waals surface area contributed by atoms with Crippen LogP contribution in [-0.2, 0) is 7.05 Å². The van der Waals surface area contributed by atoms with Crippen molar-refractivity contribution in [1.82, 2.24) is 14.3 Å². The molecule has 7 heteroatoms. The van der Waals surface area contributed by atoms with Crippen LogP contribution in [0.25, 0.3) is 26.5 Å². The van der Waals surface area contributed by atoms with E-state index in [4.69, 9.17) is 0 Å². The van der Waals surface area contributed by atoms with Gasteiger partial charge in [-0.2, -0.15) is 0 Å². The summed E-state index contributed by atoms with van der Waals surface area (Å²) in [5.41, 5.74) is 4.69. The van der Waals surface area contributed by atoms with Crippen LogP contribution in [0.4, 0.5) is 5.69 Å². The first-order valence-corrected chi connectivity index (χ1v) is 11.3. The van der Waals surface area contributed by atoms with E-state index in [2.05, 4.69) is 9.98 Å². The number of phenols is 1. The van der Waals surface area contributed by atoms with Gasteiger partial charge in [0.15, 0.2) is 5.69 Å². The number of hydrogen-bond acceptors (Lipinski definition) is 5. The van der Waals surface area contributed by atoms with Crippen LogP contribution in [0.1, 0.15) is 16.8 Å². The number of phenolic OH excluding ortho intramolecular Hbond substituents is 1. The maximum Gasteiger partial charge on any atom is 0.297 e. The van der Waals surface area contributed by atoms with Crippen molar-refractivity contribution < 1.29 is 5.11 Å². The molecule has 5 aromatic rings. The Hall–Kier alpha value is -3.97. The molecule has 0 radical (unpaired) electrons. The van der Waals surface area contributed by atoms with Crippen LogP contribution >= 0.6 is 11.3 Å². The van der Waals surface area contributed by atoms with Gasteiger partial charge in [-0.1, -0.05) is 30.3 Å². The van der Waals surface area contributed by atoms with Crippen molar-refractivity contribution >= 4 is 33.5 Å². The summed E-state index contributed by atoms with van der Waals surface area (Å²) in [5.74, 6) is 0.0976. The van der Waals surface area contributed by atoms with Crippen LogP contribution in [0.3, 0.4) is 0 Å². The Morgan fingerprint density at radius 2 is 1.76 bits per heavy atom. The molecule has 5 rings (SSSR count). The highest BCUT2D eigenvalue weighted by molar-refractivity contribution is 7.21. The van der Waals surface area contributed by atoms with E-state index in [1.165, 1.54) is 11.3 Å². The molecule has 0 aliphatic rings. The molecule has 0 spiro atoms. The molecule has 0 atom stereocenters. The van der Waals surface area contributed by atoms with Crippen LogP contribution in [0.5, 0.6) is 5.75 Å². The molecule has 0 aliphatic heterocycles. The Morgan fingerprint density at radius 1 is 1.03 bits per heavy atom. The average molecular weight is 455 g/mol. The van der Waals surface area contributed by atoms with Gasteiger partial charge < -0.3 is 5.11 Å². The minimum atomic E-state index is -0.212. The van der Waals surface area contributed by atoms with Crippen molar-refractivity contribution in [2.24, 2.45) is 12.0 Å². The van der Waals surface area contributed by atoms with Crippen molar-refractivity contribution in [3.63, 3.8) is 0 Å². The molecule has 2 heterocycles. The summed E-state index contributed by atoms with van der Waals surface area (Å²) >= 11 is 1.53. The second kappa shape index (κ2) is 8.18. The summed E-state index contributed by atoms with van der Waals surface area (Å²) in [7, 11) is 1.83. The highest BCUT2D eigenvalue weighted by Crippen LogP contribution is 2.37. The quantitative estimate of drug-likeness (QED) is 0.363. The Labute approximate surface area is 194 Å². The molecule has 6 nitrogen and oxygen atoms in total. The first-order valence-electron chi connectivity index (χ1n) is 10.5. The summed E-state index contributed by atoms with van der Waals surface area (Å²) in [6, 6.07) is 21.1. The van der Waals surface area contributed by atoms with Gasteiger partial charge >= 0.3 is 0 Å². The normalized spacial score (nSPS) is 11.6. The lowest BCUT2D eigenvalue weighted by Crippen LogP contribution is -2.19. The lowest BCUT2D eigenvalue weighted by molar-refractivity contribution is 0.476. The molecule has 0 saturated heterocycles. The maximum atomic E-state index is 13.1. The van der Waals surface area contributed by atoms with Gasteiger partial charge in [0.1, 0.15) is 10.8 Å². The third-order valence-corrected chi connectivity index (χ3v) is 6.73. The predicted molar refractivity (Wildman–Crippen MR) is 134 cm³/mol. The van der Waals surface area contributed by atoms with Crippen LogP contribution in [0, 0.1) is 13.8 Å². The number of aromatic hydroxyl groups is 1. The number of aromatic nitrogens is 3. The van der Waals surface area contributed by atoms with E-state index >= 15 is 0 Å². The average Bonchev–Trinajstić information content (AvgIpc) is 3.34. The van der Waals surface area contributed by atoms with Gasteiger partial charge in [-0.15, -0.1) is 11.3 Å². The fraction of sp³-hybridized carbons (Fsp3) is 0.115. The molecule has 0 fully saturated rings. The monoisotopic (exact) mass is 454 g/mol. The van der Waals surface area contributed by atoms with Crippen molar-refractivity contribution in [3.05, 3.63) is 93.9 Å². The number of thiazole rings is 1. The van der Waals surface area contributed by atoms with Crippen molar-refractivity contribution in [1.29, 1.82) is 0 Å². The zero-order valence-corrected chi connectivity index (χ0v) is 19.3. The third kappa shape index (κ3) is 3.66. The molecular weight excluding hydrogens is 432 g/mol. The summed E-state index contributed by atoms with van der Waals surface area (Å²) in [4.78, 5) is 22.3. The summed E-state index contributed by atoms with van der Waals surface area (Å²) in [6.45, 7) is 3.82. The van der Waals surface area contributed by atoms with Crippen molar-refractivity contribution in [2.45, 2.75) is 13.8 Å². The van der Waals surface area contributed by atoms with Gasteiger partial charge in [-0.3, -0.25) is 9.48 Å². The van der Waals surface area contributed by atoms with Gasteiger partial charge in [-0.05, 0) is 55.8 Å². The van der Waals surface area contributed by atoms with Crippen LogP contribution in [-0.4, -0.2) is 25.7 Å². The first kappa shape index (κ1) is 20.9. The SMILES string of the molecule is Cc1cc(C=Nc2c(C)n(C)n(-c3ccccc3)c2=O)c(O)c(-c2nc3ccccc3s2)c1. The molecule has 0 bridgehead atoms. The molecule has 0 unspecified atom stereocenters. The third-order valence-electron chi connectivity index (χ3n) is 5.66. The molecule has 1 N–H and O–H groups in total. The van der Waals surface area contributed by atoms with Gasteiger partial charge in [0, 0.05) is 18.8 Å². The number of aryl methyl sites for hydroxylation is 1. The summed E-state index contributed by atoms with van der Waals surface area (Å²) < 4.78 is 4.43. The molecule has 3 aromatic carbocycles. The number of para-hydroxylation sites is 2. The number of aliphatic imine (C=N–C) groups is 1. The minimum absolute atomic E-state index is 0.0976. The van der Waals surface area contributed by atoms with E-state index in [0.717, 1.165) is 32.2 Å². The highest BCUT2D eigenvalue weighted by atomic mass is 32.1. The van der Waals surface area contributed by atoms with E-state index in [1.807, 2.05) is 87.6 Å². The molecule has 0 amide bonds. The van der Waals surface area contributed by atoms with Crippen molar-refractivity contribution in [3.8, 4) is 22.0 Å². The Morgan fingerprint density at radius 3 is 2.52 bits per heavy atom. The second-order valence-electron chi connectivity index (χ2n) is 7.91. The Balaban J connectivity index is 1.58. The van der Waals surface area contributed by atoms with Crippen LogP contribution < -0.4 is 5.56 Å². The van der Waals surface area contributed by atoms with Gasteiger partial charge in [0.2, 0.25) is 0 Å². The molecule has 33 heavy (non-hydrogen) atoms. The zero-order chi connectivity index (χ0) is 23.1. The molecule has 0 saturated carbocycles. The Bertz CT molecular complexity index is 1540. The summed E-state index contributed by atoms with van der Waals surface area (Å²) in [5, 5.41) is 11.8. The van der Waals surface area contributed by atoms with Crippen molar-refractivity contribution in [2.75, 3.05) is 0 Å². The lowest BCUT2D eigenvalue weighted by Gasteiger charge is -2.07. The summed E-state index contributed by atoms with van der Waals surface area (Å²) in [6.07, 6.45) is 1.55. The largest absolute Gasteiger partial charge is 0.507 e. The van der Waals surface area contributed by atoms with E-state index < -0.39 is 0 Å². The zero-order valence-electron chi connectivity index (χ0n) is 18.5. The fourth-order valence-electron chi connectivity index (χ4n) is 3.89. The first-order chi connectivity index (χ1) is 15.9. The van der Waals surface area contributed by atoms with Crippen LogP contribution in [0.15, 0.2) is 76.5 Å². The minimum Gasteiger partial charge on any atom is -0.507 e. The maximum absolute atomic E-state index is 13.1. The van der Waals surface area contributed by atoms with E-state index in [0.29, 0.717) is 16.8 Å². The predicted octanol–water partition coefficient (Wildman–Crippen LogP) is 5.53. The number of hydrogen-bond donors (Lipinski definition) is 1. The lowest BCUT2D eigenvalue weighted by atomic mass is 10.1. The Kier molecular flexibility index (Phi) is 5.18. The number of nitrogens with zero attached hydrogens (tertiary/aromatic N) is 4. The van der Waals surface area contributed by atoms with Gasteiger partial charge in [-0.25, -0.2) is 14.7 Å². The number of fused-ring (bicyclic) bond motifs is 1. The van der Waals surface area contributed by atoms with Gasteiger partial charge in [0.25, 0.3) is 5.56 Å². The smallest absolute Gasteiger partial charge is 0.297 e. The van der Waals surface area contributed by atoms with Gasteiger partial charge in [0.05, 0.1) is 27.2 Å². The highest BCUT2D eigenvalue weighted by Gasteiger charge is 2.17. The fourth-order valence-corrected chi connectivity index (χ4v) is 4.88. The molecule has 164 valence electrons. The molecular formula is C26H22N4O2S.